The van der Waals surface area contributed by atoms with Crippen molar-refractivity contribution in [1.29, 1.82) is 0 Å². The first-order chi connectivity index (χ1) is 21.5. The quantitative estimate of drug-likeness (QED) is 0.175. The number of nitrogens with zero attached hydrogens (tertiary/aromatic N) is 2. The molecule has 0 heterocycles. The number of hydrogen-bond acceptors (Lipinski definition) is 4. The van der Waals surface area contributed by atoms with Crippen molar-refractivity contribution in [3.63, 3.8) is 0 Å². The van der Waals surface area contributed by atoms with Gasteiger partial charge in [0.1, 0.15) is 12.6 Å². The molecule has 2 amide bonds. The Morgan fingerprint density at radius 2 is 1.47 bits per heavy atom. The van der Waals surface area contributed by atoms with Crippen LogP contribution in [0, 0.1) is 13.8 Å². The average Bonchev–Trinajstić information content (AvgIpc) is 3.03. The number of amides is 2. The lowest BCUT2D eigenvalue weighted by atomic mass is 10.0. The van der Waals surface area contributed by atoms with Crippen LogP contribution in [0.1, 0.15) is 42.5 Å². The Morgan fingerprint density at radius 3 is 2.09 bits per heavy atom. The summed E-state index contributed by atoms with van der Waals surface area (Å²) >= 11 is 6.23. The molecule has 0 saturated heterocycles. The zero-order valence-electron chi connectivity index (χ0n) is 26.1. The van der Waals surface area contributed by atoms with Crippen LogP contribution in [0.3, 0.4) is 0 Å². The maximum Gasteiger partial charge on any atom is 0.264 e. The molecular formula is C36H40ClN3O4S. The number of nitrogens with one attached hydrogen (secondary N) is 1. The third kappa shape index (κ3) is 8.53. The summed E-state index contributed by atoms with van der Waals surface area (Å²) in [5.41, 5.74) is 3.62. The number of aryl methyl sites for hydroxylation is 2. The second-order valence-electron chi connectivity index (χ2n) is 11.2. The molecule has 4 aromatic carbocycles. The minimum Gasteiger partial charge on any atom is -0.352 e. The number of carbonyl (C=O) groups is 2. The van der Waals surface area contributed by atoms with Crippen LogP contribution in [-0.2, 0) is 32.6 Å². The van der Waals surface area contributed by atoms with E-state index in [4.69, 9.17) is 11.6 Å². The third-order valence-corrected chi connectivity index (χ3v) is 9.92. The lowest BCUT2D eigenvalue weighted by molar-refractivity contribution is -0.140. The fourth-order valence-corrected chi connectivity index (χ4v) is 6.82. The number of benzene rings is 4. The highest BCUT2D eigenvalue weighted by molar-refractivity contribution is 7.92. The van der Waals surface area contributed by atoms with Crippen molar-refractivity contribution in [3.05, 3.63) is 130 Å². The van der Waals surface area contributed by atoms with Crippen LogP contribution in [-0.4, -0.2) is 43.8 Å². The van der Waals surface area contributed by atoms with Gasteiger partial charge in [0.15, 0.2) is 0 Å². The minimum atomic E-state index is -4.18. The van der Waals surface area contributed by atoms with E-state index >= 15 is 0 Å². The predicted octanol–water partition coefficient (Wildman–Crippen LogP) is 6.71. The smallest absolute Gasteiger partial charge is 0.264 e. The highest BCUT2D eigenvalue weighted by atomic mass is 35.5. The van der Waals surface area contributed by atoms with Gasteiger partial charge in [-0.1, -0.05) is 91.3 Å². The summed E-state index contributed by atoms with van der Waals surface area (Å²) in [6, 6.07) is 29.1. The van der Waals surface area contributed by atoms with E-state index in [0.717, 1.165) is 21.0 Å². The van der Waals surface area contributed by atoms with Gasteiger partial charge in [0.25, 0.3) is 10.0 Å². The second kappa shape index (κ2) is 15.2. The van der Waals surface area contributed by atoms with E-state index in [1.165, 1.54) is 17.0 Å². The predicted molar refractivity (Wildman–Crippen MR) is 181 cm³/mol. The molecule has 0 aliphatic heterocycles. The summed E-state index contributed by atoms with van der Waals surface area (Å²) in [4.78, 5) is 30.1. The second-order valence-corrected chi connectivity index (χ2v) is 13.5. The van der Waals surface area contributed by atoms with Gasteiger partial charge in [0.05, 0.1) is 10.6 Å². The molecule has 0 aliphatic carbocycles. The van der Waals surface area contributed by atoms with Gasteiger partial charge in [-0.05, 0) is 79.8 Å². The number of anilines is 1. The SMILES string of the molecule is CC[C@H](C)NC(=O)[C@H](Cc1ccccc1)N(Cc1ccccc1C)C(=O)CN(c1ccc(Cl)cc1C)S(=O)(=O)c1ccccc1. The van der Waals surface area contributed by atoms with E-state index in [2.05, 4.69) is 5.32 Å². The molecule has 1 N–H and O–H groups in total. The Hall–Kier alpha value is -4.14. The van der Waals surface area contributed by atoms with Crippen molar-refractivity contribution in [1.82, 2.24) is 10.2 Å². The summed E-state index contributed by atoms with van der Waals surface area (Å²) in [5, 5.41) is 3.51. The zero-order chi connectivity index (χ0) is 32.6. The molecule has 0 fully saturated rings. The first-order valence-corrected chi connectivity index (χ1v) is 16.8. The Bertz CT molecular complexity index is 1720. The molecule has 9 heteroatoms. The molecule has 0 spiro atoms. The molecule has 0 unspecified atom stereocenters. The number of hydrogen-bond donors (Lipinski definition) is 1. The van der Waals surface area contributed by atoms with Crippen molar-refractivity contribution >= 4 is 39.1 Å². The van der Waals surface area contributed by atoms with Crippen molar-refractivity contribution in [2.75, 3.05) is 10.8 Å². The van der Waals surface area contributed by atoms with E-state index in [9.17, 15) is 18.0 Å². The van der Waals surface area contributed by atoms with Gasteiger partial charge in [0.2, 0.25) is 11.8 Å². The molecule has 0 aromatic heterocycles. The summed E-state index contributed by atoms with van der Waals surface area (Å²) < 4.78 is 29.4. The van der Waals surface area contributed by atoms with Gasteiger partial charge in [-0.3, -0.25) is 13.9 Å². The lowest BCUT2D eigenvalue weighted by Gasteiger charge is -2.35. The molecule has 0 bridgehead atoms. The maximum absolute atomic E-state index is 14.6. The fourth-order valence-electron chi connectivity index (χ4n) is 5.10. The third-order valence-electron chi connectivity index (χ3n) is 7.91. The van der Waals surface area contributed by atoms with Gasteiger partial charge in [-0.25, -0.2) is 8.42 Å². The first-order valence-electron chi connectivity index (χ1n) is 15.0. The normalized spacial score (nSPS) is 12.6. The van der Waals surface area contributed by atoms with Gasteiger partial charge in [0, 0.05) is 24.0 Å². The van der Waals surface area contributed by atoms with Crippen molar-refractivity contribution in [2.24, 2.45) is 0 Å². The topological polar surface area (TPSA) is 86.8 Å². The number of rotatable bonds is 13. The first kappa shape index (κ1) is 33.7. The van der Waals surface area contributed by atoms with E-state index in [1.54, 1.807) is 43.3 Å². The van der Waals surface area contributed by atoms with Crippen LogP contribution in [0.25, 0.3) is 0 Å². The Labute approximate surface area is 271 Å². The summed E-state index contributed by atoms with van der Waals surface area (Å²) in [5.74, 6) is -0.803. The van der Waals surface area contributed by atoms with Gasteiger partial charge in [-0.2, -0.15) is 0 Å². The molecule has 236 valence electrons. The maximum atomic E-state index is 14.6. The Balaban J connectivity index is 1.83. The van der Waals surface area contributed by atoms with Crippen LogP contribution in [0.15, 0.2) is 108 Å². The number of sulfonamides is 1. The van der Waals surface area contributed by atoms with E-state index < -0.39 is 28.5 Å². The molecule has 2 atom stereocenters. The average molecular weight is 646 g/mol. The molecule has 0 saturated carbocycles. The van der Waals surface area contributed by atoms with Crippen LogP contribution in [0.5, 0.6) is 0 Å². The summed E-state index contributed by atoms with van der Waals surface area (Å²) in [6.07, 6.45) is 0.973. The van der Waals surface area contributed by atoms with Gasteiger partial charge in [-0.15, -0.1) is 0 Å². The number of carbonyl (C=O) groups excluding carboxylic acids is 2. The van der Waals surface area contributed by atoms with Crippen LogP contribution >= 0.6 is 11.6 Å². The summed E-state index contributed by atoms with van der Waals surface area (Å²) in [7, 11) is -4.18. The van der Waals surface area contributed by atoms with Crippen LogP contribution < -0.4 is 9.62 Å². The molecular weight excluding hydrogens is 606 g/mol. The van der Waals surface area contributed by atoms with E-state index in [1.807, 2.05) is 75.4 Å². The standard InChI is InChI=1S/C36H40ClN3O4S/c1-5-28(4)38-36(42)34(23-29-15-8-6-9-16-29)39(24-30-17-13-12-14-26(30)2)35(41)25-40(33-21-20-31(37)22-27(33)3)45(43,44)32-18-10-7-11-19-32/h6-22,28,34H,5,23-25H2,1-4H3,(H,38,42)/t28-,34-/m0/s1. The molecule has 4 aromatic rings. The highest BCUT2D eigenvalue weighted by Crippen LogP contribution is 2.30. The molecule has 7 nitrogen and oxygen atoms in total. The van der Waals surface area contributed by atoms with E-state index in [0.29, 0.717) is 22.7 Å². The van der Waals surface area contributed by atoms with Crippen molar-refractivity contribution in [2.45, 2.75) is 64.1 Å². The van der Waals surface area contributed by atoms with Crippen molar-refractivity contribution in [3.8, 4) is 0 Å². The van der Waals surface area contributed by atoms with Crippen LogP contribution in [0.4, 0.5) is 5.69 Å². The fraction of sp³-hybridized carbons (Fsp3) is 0.278. The highest BCUT2D eigenvalue weighted by Gasteiger charge is 2.35. The van der Waals surface area contributed by atoms with E-state index in [-0.39, 0.29) is 29.8 Å². The molecule has 0 aliphatic rings. The molecule has 45 heavy (non-hydrogen) atoms. The minimum absolute atomic E-state index is 0.0490. The van der Waals surface area contributed by atoms with Gasteiger partial charge < -0.3 is 10.2 Å². The lowest BCUT2D eigenvalue weighted by Crippen LogP contribution is -2.54. The van der Waals surface area contributed by atoms with Crippen LogP contribution in [0.2, 0.25) is 5.02 Å². The largest absolute Gasteiger partial charge is 0.352 e. The molecule has 0 radical (unpaired) electrons. The Morgan fingerprint density at radius 1 is 0.844 bits per heavy atom. The van der Waals surface area contributed by atoms with Gasteiger partial charge >= 0.3 is 0 Å². The van der Waals surface area contributed by atoms with Crippen molar-refractivity contribution < 1.29 is 18.0 Å². The summed E-state index contributed by atoms with van der Waals surface area (Å²) in [6.45, 7) is 7.20. The zero-order valence-corrected chi connectivity index (χ0v) is 27.7. The molecule has 4 rings (SSSR count). The number of halogens is 1. The monoisotopic (exact) mass is 645 g/mol. The Kier molecular flexibility index (Phi) is 11.4.